The Kier molecular flexibility index (Phi) is 5.98. The number of β-amino-alcohol motifs (C(OH)–C–C–N with tert-alkyl or cyclic N) is 1. The van der Waals surface area contributed by atoms with Crippen LogP contribution in [0.1, 0.15) is 23.1 Å². The van der Waals surface area contributed by atoms with Crippen molar-refractivity contribution in [3.05, 3.63) is 65.5 Å². The molecule has 0 unspecified atom stereocenters. The molecule has 1 atom stereocenters. The highest BCUT2D eigenvalue weighted by molar-refractivity contribution is 5.73. The third-order valence-electron chi connectivity index (χ3n) is 4.38. The van der Waals surface area contributed by atoms with Crippen LogP contribution in [-0.4, -0.2) is 40.2 Å². The summed E-state index contributed by atoms with van der Waals surface area (Å²) in [5, 5.41) is 15.4. The molecule has 0 bridgehead atoms. The molecule has 0 saturated carbocycles. The lowest BCUT2D eigenvalue weighted by Gasteiger charge is -2.18. The van der Waals surface area contributed by atoms with E-state index in [1.165, 1.54) is 5.56 Å². The molecule has 1 aromatic carbocycles. The first-order valence-electron chi connectivity index (χ1n) is 8.58. The van der Waals surface area contributed by atoms with Crippen LogP contribution in [-0.2, 0) is 19.6 Å². The van der Waals surface area contributed by atoms with Crippen LogP contribution in [0.2, 0.25) is 0 Å². The Hall–Kier alpha value is -2.44. The highest BCUT2D eigenvalue weighted by Gasteiger charge is 2.20. The number of aliphatic hydroxyl groups is 1. The molecule has 1 fully saturated rings. The standard InChI is InChI=1S/C19H24N4O2/c24-18-7-9-23(14-18)13-17-6-2-1-5-16(17)12-22-19(25)21-11-15-4-3-8-20-10-15/h1-6,8,10,18,24H,7,9,11-14H2,(H2,21,22,25)/t18-/m0/s1. The number of amides is 2. The fourth-order valence-electron chi connectivity index (χ4n) is 3.00. The zero-order valence-electron chi connectivity index (χ0n) is 14.2. The minimum atomic E-state index is -0.219. The van der Waals surface area contributed by atoms with Crippen LogP contribution in [0.3, 0.4) is 0 Å². The van der Waals surface area contributed by atoms with Gasteiger partial charge in [0.25, 0.3) is 0 Å². The van der Waals surface area contributed by atoms with Gasteiger partial charge in [0.05, 0.1) is 6.10 Å². The molecule has 3 N–H and O–H groups in total. The number of pyridine rings is 1. The average molecular weight is 340 g/mol. The fourth-order valence-corrected chi connectivity index (χ4v) is 3.00. The Balaban J connectivity index is 1.50. The van der Waals surface area contributed by atoms with E-state index < -0.39 is 0 Å². The van der Waals surface area contributed by atoms with E-state index in [-0.39, 0.29) is 12.1 Å². The maximum Gasteiger partial charge on any atom is 0.315 e. The van der Waals surface area contributed by atoms with Crippen LogP contribution in [0.25, 0.3) is 0 Å². The summed E-state index contributed by atoms with van der Waals surface area (Å²) < 4.78 is 0. The summed E-state index contributed by atoms with van der Waals surface area (Å²) in [4.78, 5) is 18.3. The van der Waals surface area contributed by atoms with Crippen molar-refractivity contribution in [2.24, 2.45) is 0 Å². The number of nitrogens with one attached hydrogen (secondary N) is 2. The lowest BCUT2D eigenvalue weighted by Crippen LogP contribution is -2.35. The second-order valence-corrected chi connectivity index (χ2v) is 6.34. The molecule has 1 aromatic heterocycles. The average Bonchev–Trinajstić information content (AvgIpc) is 3.05. The Morgan fingerprint density at radius 3 is 2.68 bits per heavy atom. The molecule has 1 aliphatic rings. The molecule has 3 rings (SSSR count). The molecular weight excluding hydrogens is 316 g/mol. The normalized spacial score (nSPS) is 17.4. The molecule has 25 heavy (non-hydrogen) atoms. The number of benzene rings is 1. The third kappa shape index (κ3) is 5.27. The van der Waals surface area contributed by atoms with Crippen LogP contribution in [0.5, 0.6) is 0 Å². The van der Waals surface area contributed by atoms with Crippen molar-refractivity contribution in [3.8, 4) is 0 Å². The van der Waals surface area contributed by atoms with Crippen LogP contribution < -0.4 is 10.6 Å². The number of carbonyl (C=O) groups excluding carboxylic acids is 1. The lowest BCUT2D eigenvalue weighted by molar-refractivity contribution is 0.174. The smallest absolute Gasteiger partial charge is 0.315 e. The van der Waals surface area contributed by atoms with Crippen molar-refractivity contribution >= 4 is 6.03 Å². The second kappa shape index (κ2) is 8.60. The molecule has 6 heteroatoms. The number of rotatable bonds is 6. The van der Waals surface area contributed by atoms with Gasteiger partial charge in [0.15, 0.2) is 0 Å². The van der Waals surface area contributed by atoms with Crippen molar-refractivity contribution in [2.75, 3.05) is 13.1 Å². The number of hydrogen-bond acceptors (Lipinski definition) is 4. The molecule has 2 aromatic rings. The van der Waals surface area contributed by atoms with E-state index in [4.69, 9.17) is 0 Å². The Labute approximate surface area is 147 Å². The molecule has 1 aliphatic heterocycles. The van der Waals surface area contributed by atoms with Crippen molar-refractivity contribution < 1.29 is 9.90 Å². The largest absolute Gasteiger partial charge is 0.392 e. The summed E-state index contributed by atoms with van der Waals surface area (Å²) in [5.74, 6) is 0. The SMILES string of the molecule is O=C(NCc1cccnc1)NCc1ccccc1CN1CC[C@H](O)C1. The summed E-state index contributed by atoms with van der Waals surface area (Å²) in [6.07, 6.45) is 4.06. The number of aromatic nitrogens is 1. The van der Waals surface area contributed by atoms with E-state index in [9.17, 15) is 9.90 Å². The number of hydrogen-bond donors (Lipinski definition) is 3. The molecular formula is C19H24N4O2. The highest BCUT2D eigenvalue weighted by atomic mass is 16.3. The van der Waals surface area contributed by atoms with Gasteiger partial charge in [0.2, 0.25) is 0 Å². The van der Waals surface area contributed by atoms with Gasteiger partial charge in [0, 0.05) is 45.1 Å². The number of likely N-dealkylation sites (tertiary alicyclic amines) is 1. The third-order valence-corrected chi connectivity index (χ3v) is 4.38. The Bertz CT molecular complexity index is 693. The van der Waals surface area contributed by atoms with Crippen LogP contribution in [0, 0.1) is 0 Å². The lowest BCUT2D eigenvalue weighted by atomic mass is 10.1. The molecule has 6 nitrogen and oxygen atoms in total. The number of carbonyl (C=O) groups is 1. The molecule has 2 amide bonds. The van der Waals surface area contributed by atoms with Crippen molar-refractivity contribution in [1.29, 1.82) is 0 Å². The summed E-state index contributed by atoms with van der Waals surface area (Å²) in [6, 6.07) is 11.7. The van der Waals surface area contributed by atoms with Crippen molar-refractivity contribution in [1.82, 2.24) is 20.5 Å². The van der Waals surface area contributed by atoms with Gasteiger partial charge in [-0.05, 0) is 29.2 Å². The highest BCUT2D eigenvalue weighted by Crippen LogP contribution is 2.16. The molecule has 0 radical (unpaired) electrons. The predicted octanol–water partition coefficient (Wildman–Crippen LogP) is 1.65. The van der Waals surface area contributed by atoms with E-state index in [0.29, 0.717) is 19.6 Å². The fraction of sp³-hybridized carbons (Fsp3) is 0.368. The molecule has 0 aliphatic carbocycles. The van der Waals surface area contributed by atoms with Gasteiger partial charge in [-0.15, -0.1) is 0 Å². The van der Waals surface area contributed by atoms with Crippen molar-refractivity contribution in [2.45, 2.75) is 32.2 Å². The minimum Gasteiger partial charge on any atom is -0.392 e. The zero-order valence-corrected chi connectivity index (χ0v) is 14.2. The van der Waals surface area contributed by atoms with E-state index in [2.05, 4.69) is 26.6 Å². The number of aliphatic hydroxyl groups excluding tert-OH is 1. The first kappa shape index (κ1) is 17.4. The maximum absolute atomic E-state index is 12.0. The van der Waals surface area contributed by atoms with Gasteiger partial charge < -0.3 is 15.7 Å². The molecule has 132 valence electrons. The molecule has 0 spiro atoms. The number of nitrogens with zero attached hydrogens (tertiary/aromatic N) is 2. The first-order valence-corrected chi connectivity index (χ1v) is 8.58. The summed E-state index contributed by atoms with van der Waals surface area (Å²) in [7, 11) is 0. The monoisotopic (exact) mass is 340 g/mol. The van der Waals surface area contributed by atoms with E-state index in [0.717, 1.165) is 30.6 Å². The first-order chi connectivity index (χ1) is 12.2. The summed E-state index contributed by atoms with van der Waals surface area (Å²) >= 11 is 0. The van der Waals surface area contributed by atoms with Gasteiger partial charge in [-0.3, -0.25) is 9.88 Å². The topological polar surface area (TPSA) is 77.5 Å². The van der Waals surface area contributed by atoms with Crippen LogP contribution >= 0.6 is 0 Å². The van der Waals surface area contributed by atoms with E-state index in [1.807, 2.05) is 30.3 Å². The van der Waals surface area contributed by atoms with Crippen molar-refractivity contribution in [3.63, 3.8) is 0 Å². The molecule has 2 heterocycles. The summed E-state index contributed by atoms with van der Waals surface area (Å²) in [6.45, 7) is 3.35. The minimum absolute atomic E-state index is 0.199. The molecule has 1 saturated heterocycles. The number of urea groups is 1. The predicted molar refractivity (Wildman–Crippen MR) is 95.7 cm³/mol. The van der Waals surface area contributed by atoms with Gasteiger partial charge in [-0.2, -0.15) is 0 Å². The van der Waals surface area contributed by atoms with Gasteiger partial charge in [-0.1, -0.05) is 30.3 Å². The quantitative estimate of drug-likeness (QED) is 0.747. The van der Waals surface area contributed by atoms with Gasteiger partial charge in [0.1, 0.15) is 0 Å². The van der Waals surface area contributed by atoms with Crippen LogP contribution in [0.15, 0.2) is 48.8 Å². The van der Waals surface area contributed by atoms with E-state index >= 15 is 0 Å². The Morgan fingerprint density at radius 2 is 1.96 bits per heavy atom. The Morgan fingerprint density at radius 1 is 1.16 bits per heavy atom. The summed E-state index contributed by atoms with van der Waals surface area (Å²) in [5.41, 5.74) is 3.25. The van der Waals surface area contributed by atoms with Gasteiger partial charge in [-0.25, -0.2) is 4.79 Å². The van der Waals surface area contributed by atoms with Gasteiger partial charge >= 0.3 is 6.03 Å². The zero-order chi connectivity index (χ0) is 17.5. The van der Waals surface area contributed by atoms with E-state index in [1.54, 1.807) is 12.4 Å². The second-order valence-electron chi connectivity index (χ2n) is 6.34. The van der Waals surface area contributed by atoms with Crippen LogP contribution in [0.4, 0.5) is 4.79 Å². The maximum atomic E-state index is 12.0.